The van der Waals surface area contributed by atoms with Gasteiger partial charge in [-0.05, 0) is 51.3 Å². The highest BCUT2D eigenvalue weighted by molar-refractivity contribution is 7.85. The van der Waals surface area contributed by atoms with Crippen molar-refractivity contribution in [1.29, 1.82) is 0 Å². The number of nitrogens with zero attached hydrogens (tertiary/aromatic N) is 3. The Hall–Kier alpha value is -2.19. The minimum absolute atomic E-state index is 0.0949. The van der Waals surface area contributed by atoms with E-state index in [0.717, 1.165) is 42.5 Å². The number of anilines is 2. The summed E-state index contributed by atoms with van der Waals surface area (Å²) < 4.78 is 31.4. The van der Waals surface area contributed by atoms with Crippen molar-refractivity contribution in [3.63, 3.8) is 0 Å². The van der Waals surface area contributed by atoms with Gasteiger partial charge in [-0.3, -0.25) is 4.55 Å². The topological polar surface area (TPSA) is 95.4 Å². The van der Waals surface area contributed by atoms with Crippen molar-refractivity contribution in [3.05, 3.63) is 41.6 Å². The molecule has 1 atom stereocenters. The Labute approximate surface area is 161 Å². The van der Waals surface area contributed by atoms with Crippen LogP contribution in [0, 0.1) is 6.92 Å². The quantitative estimate of drug-likeness (QED) is 0.632. The molecule has 0 spiro atoms. The molecule has 2 rings (SSSR count). The average molecular weight is 393 g/mol. The van der Waals surface area contributed by atoms with E-state index in [4.69, 9.17) is 4.55 Å². The van der Waals surface area contributed by atoms with Crippen LogP contribution in [0.1, 0.15) is 38.4 Å². The van der Waals surface area contributed by atoms with Crippen LogP contribution in [0.3, 0.4) is 0 Å². The molecule has 2 N–H and O–H groups in total. The van der Waals surface area contributed by atoms with E-state index in [1.807, 2.05) is 13.0 Å². The van der Waals surface area contributed by atoms with Gasteiger partial charge in [0.05, 0.1) is 4.90 Å². The molecule has 0 saturated heterocycles. The Morgan fingerprint density at radius 3 is 2.26 bits per heavy atom. The lowest BCUT2D eigenvalue weighted by atomic mass is 10.0. The molecular weight excluding hydrogens is 364 g/mol. The predicted molar refractivity (Wildman–Crippen MR) is 108 cm³/mol. The fourth-order valence-corrected chi connectivity index (χ4v) is 3.34. The van der Waals surface area contributed by atoms with Gasteiger partial charge < -0.3 is 10.2 Å². The van der Waals surface area contributed by atoms with Crippen LogP contribution in [0.5, 0.6) is 0 Å². The maximum atomic E-state index is 11.2. The van der Waals surface area contributed by atoms with Crippen molar-refractivity contribution in [3.8, 4) is 0 Å². The third kappa shape index (κ3) is 5.90. The first-order valence-corrected chi connectivity index (χ1v) is 10.6. The summed E-state index contributed by atoms with van der Waals surface area (Å²) in [6, 6.07) is 8.35. The van der Waals surface area contributed by atoms with Crippen LogP contribution in [-0.2, 0) is 16.5 Å². The van der Waals surface area contributed by atoms with Crippen LogP contribution in [0.15, 0.2) is 35.2 Å². The second kappa shape index (κ2) is 9.14. The first-order valence-electron chi connectivity index (χ1n) is 9.20. The Morgan fingerprint density at radius 1 is 1.11 bits per heavy atom. The minimum atomic E-state index is -4.16. The number of nitrogens with one attached hydrogen (secondary N) is 1. The maximum absolute atomic E-state index is 11.2. The normalized spacial score (nSPS) is 12.6. The van der Waals surface area contributed by atoms with Crippen molar-refractivity contribution < 1.29 is 13.0 Å². The molecule has 0 aliphatic rings. The van der Waals surface area contributed by atoms with Crippen molar-refractivity contribution in [2.45, 2.75) is 51.5 Å². The monoisotopic (exact) mass is 392 g/mol. The van der Waals surface area contributed by atoms with E-state index in [1.165, 1.54) is 12.1 Å². The molecule has 1 aromatic carbocycles. The number of hydrogen-bond donors (Lipinski definition) is 2. The van der Waals surface area contributed by atoms with Gasteiger partial charge in [-0.1, -0.05) is 19.1 Å². The molecule has 148 valence electrons. The van der Waals surface area contributed by atoms with Gasteiger partial charge in [0.1, 0.15) is 5.82 Å². The highest BCUT2D eigenvalue weighted by Crippen LogP contribution is 2.18. The molecular formula is C19H28N4O3S. The first-order chi connectivity index (χ1) is 12.8. The smallest absolute Gasteiger partial charge is 0.294 e. The molecule has 1 unspecified atom stereocenters. The lowest BCUT2D eigenvalue weighted by molar-refractivity contribution is 0.483. The van der Waals surface area contributed by atoms with Gasteiger partial charge in [-0.2, -0.15) is 13.4 Å². The molecule has 1 heterocycles. The standard InChI is InChI=1S/C19H28N4O3S/c1-5-16(13-15-8-10-17(11-9-15)27(24,25)26)21-18-12-14(4)20-19(22-18)23(6-2)7-3/h8-12,16H,5-7,13H2,1-4H3,(H,20,21,22)(H,24,25,26). The Balaban J connectivity index is 2.15. The molecule has 1 aromatic heterocycles. The number of benzene rings is 1. The second-order valence-corrected chi connectivity index (χ2v) is 7.86. The lowest BCUT2D eigenvalue weighted by Gasteiger charge is -2.22. The molecule has 0 aliphatic heterocycles. The summed E-state index contributed by atoms with van der Waals surface area (Å²) in [5.41, 5.74) is 1.89. The van der Waals surface area contributed by atoms with Gasteiger partial charge in [0.15, 0.2) is 0 Å². The zero-order valence-corrected chi connectivity index (χ0v) is 17.1. The van der Waals surface area contributed by atoms with E-state index in [2.05, 4.69) is 41.0 Å². The van der Waals surface area contributed by atoms with Gasteiger partial charge in [0, 0.05) is 30.9 Å². The summed E-state index contributed by atoms with van der Waals surface area (Å²) in [4.78, 5) is 11.2. The molecule has 27 heavy (non-hydrogen) atoms. The number of rotatable bonds is 9. The highest BCUT2D eigenvalue weighted by atomic mass is 32.2. The van der Waals surface area contributed by atoms with Crippen LogP contribution in [0.2, 0.25) is 0 Å². The molecule has 0 aliphatic carbocycles. The molecule has 0 amide bonds. The van der Waals surface area contributed by atoms with Crippen LogP contribution in [-0.4, -0.2) is 42.1 Å². The van der Waals surface area contributed by atoms with Crippen LogP contribution in [0.4, 0.5) is 11.8 Å². The Morgan fingerprint density at radius 2 is 1.74 bits per heavy atom. The third-order valence-electron chi connectivity index (χ3n) is 4.44. The molecule has 8 heteroatoms. The number of aryl methyl sites for hydroxylation is 1. The van der Waals surface area contributed by atoms with E-state index >= 15 is 0 Å². The van der Waals surface area contributed by atoms with E-state index in [0.29, 0.717) is 6.42 Å². The summed E-state index contributed by atoms with van der Waals surface area (Å²) >= 11 is 0. The molecule has 0 bridgehead atoms. The molecule has 7 nitrogen and oxygen atoms in total. The van der Waals surface area contributed by atoms with Crippen molar-refractivity contribution >= 4 is 21.9 Å². The van der Waals surface area contributed by atoms with Crippen LogP contribution >= 0.6 is 0 Å². The Kier molecular flexibility index (Phi) is 7.15. The minimum Gasteiger partial charge on any atom is -0.367 e. The fourth-order valence-electron chi connectivity index (χ4n) is 2.86. The van der Waals surface area contributed by atoms with Crippen molar-refractivity contribution in [1.82, 2.24) is 9.97 Å². The second-order valence-electron chi connectivity index (χ2n) is 6.44. The zero-order chi connectivity index (χ0) is 20.0. The van der Waals surface area contributed by atoms with E-state index < -0.39 is 10.1 Å². The third-order valence-corrected chi connectivity index (χ3v) is 5.30. The van der Waals surface area contributed by atoms with Crippen molar-refractivity contribution in [2.75, 3.05) is 23.3 Å². The summed E-state index contributed by atoms with van der Waals surface area (Å²) in [5, 5.41) is 3.46. The molecule has 0 fully saturated rings. The zero-order valence-electron chi connectivity index (χ0n) is 16.3. The lowest BCUT2D eigenvalue weighted by Crippen LogP contribution is -2.26. The van der Waals surface area contributed by atoms with Crippen LogP contribution in [0.25, 0.3) is 0 Å². The van der Waals surface area contributed by atoms with Gasteiger partial charge in [-0.15, -0.1) is 0 Å². The maximum Gasteiger partial charge on any atom is 0.294 e. The summed E-state index contributed by atoms with van der Waals surface area (Å²) in [6.45, 7) is 9.88. The average Bonchev–Trinajstić information content (AvgIpc) is 2.61. The van der Waals surface area contributed by atoms with Crippen LogP contribution < -0.4 is 10.2 Å². The van der Waals surface area contributed by atoms with Gasteiger partial charge in [-0.25, -0.2) is 4.98 Å². The fraction of sp³-hybridized carbons (Fsp3) is 0.474. The number of hydrogen-bond acceptors (Lipinski definition) is 6. The summed E-state index contributed by atoms with van der Waals surface area (Å²) in [6.07, 6.45) is 1.59. The first kappa shape index (κ1) is 21.1. The van der Waals surface area contributed by atoms with E-state index in [-0.39, 0.29) is 10.9 Å². The van der Waals surface area contributed by atoms with E-state index in [1.54, 1.807) is 12.1 Å². The predicted octanol–water partition coefficient (Wildman–Crippen LogP) is 3.31. The largest absolute Gasteiger partial charge is 0.367 e. The van der Waals surface area contributed by atoms with Gasteiger partial charge in [0.2, 0.25) is 5.95 Å². The van der Waals surface area contributed by atoms with Gasteiger partial charge >= 0.3 is 0 Å². The summed E-state index contributed by atoms with van der Waals surface area (Å²) in [7, 11) is -4.16. The highest BCUT2D eigenvalue weighted by Gasteiger charge is 2.13. The van der Waals surface area contributed by atoms with Gasteiger partial charge in [0.25, 0.3) is 10.1 Å². The Bertz CT molecular complexity index is 850. The summed E-state index contributed by atoms with van der Waals surface area (Å²) in [5.74, 6) is 1.50. The molecule has 0 radical (unpaired) electrons. The van der Waals surface area contributed by atoms with Crippen molar-refractivity contribution in [2.24, 2.45) is 0 Å². The molecule has 0 saturated carbocycles. The number of aromatic nitrogens is 2. The molecule has 2 aromatic rings. The van der Waals surface area contributed by atoms with E-state index in [9.17, 15) is 8.42 Å². The SMILES string of the molecule is CCC(Cc1ccc(S(=O)(=O)O)cc1)Nc1cc(C)nc(N(CC)CC)n1.